The highest BCUT2D eigenvalue weighted by atomic mass is 35.5. The number of benzene rings is 1. The first-order valence-electron chi connectivity index (χ1n) is 8.33. The lowest BCUT2D eigenvalue weighted by molar-refractivity contribution is -0.148. The summed E-state index contributed by atoms with van der Waals surface area (Å²) in [7, 11) is 1.67. The molecule has 1 aromatic carbocycles. The SMILES string of the molecule is Cc1ccc(-c2noc(C(C)OC(=O)CN(C)c3ccc(Cl)nn3)n2)cc1F. The number of ether oxygens (including phenoxy) is 1. The van der Waals surface area contributed by atoms with Crippen molar-refractivity contribution in [3.63, 3.8) is 0 Å². The Balaban J connectivity index is 1.62. The maximum Gasteiger partial charge on any atom is 0.326 e. The van der Waals surface area contributed by atoms with Gasteiger partial charge in [-0.3, -0.25) is 4.79 Å². The largest absolute Gasteiger partial charge is 0.451 e. The molecule has 3 aromatic rings. The maximum absolute atomic E-state index is 13.7. The van der Waals surface area contributed by atoms with Crippen LogP contribution in [0.15, 0.2) is 34.9 Å². The first-order valence-corrected chi connectivity index (χ1v) is 8.71. The number of carbonyl (C=O) groups is 1. The number of carbonyl (C=O) groups excluding carboxylic acids is 1. The molecular formula is C18H17ClFN5O3. The summed E-state index contributed by atoms with van der Waals surface area (Å²) in [5.74, 6) is -0.0938. The van der Waals surface area contributed by atoms with Gasteiger partial charge in [0.25, 0.3) is 5.89 Å². The van der Waals surface area contributed by atoms with Gasteiger partial charge < -0.3 is 14.2 Å². The summed E-state index contributed by atoms with van der Waals surface area (Å²) in [6.45, 7) is 3.20. The number of esters is 1. The fourth-order valence-corrected chi connectivity index (χ4v) is 2.42. The fraction of sp³-hybridized carbons (Fsp3) is 0.278. The predicted octanol–water partition coefficient (Wildman–Crippen LogP) is 3.37. The number of nitrogens with zero attached hydrogens (tertiary/aromatic N) is 5. The smallest absolute Gasteiger partial charge is 0.326 e. The first kappa shape index (κ1) is 19.7. The van der Waals surface area contributed by atoms with Gasteiger partial charge in [0.15, 0.2) is 17.1 Å². The summed E-state index contributed by atoms with van der Waals surface area (Å²) < 4.78 is 24.2. The van der Waals surface area contributed by atoms with E-state index < -0.39 is 12.1 Å². The van der Waals surface area contributed by atoms with Crippen molar-refractivity contribution in [3.8, 4) is 11.4 Å². The Labute approximate surface area is 165 Å². The average Bonchev–Trinajstić information content (AvgIpc) is 3.14. The molecule has 1 unspecified atom stereocenters. The van der Waals surface area contributed by atoms with Crippen molar-refractivity contribution in [1.82, 2.24) is 20.3 Å². The van der Waals surface area contributed by atoms with Crippen molar-refractivity contribution in [1.29, 1.82) is 0 Å². The Kier molecular flexibility index (Phi) is 5.84. The Morgan fingerprint density at radius 1 is 1.32 bits per heavy atom. The summed E-state index contributed by atoms with van der Waals surface area (Å²) in [4.78, 5) is 17.9. The zero-order chi connectivity index (χ0) is 20.3. The highest BCUT2D eigenvalue weighted by molar-refractivity contribution is 6.29. The highest BCUT2D eigenvalue weighted by Gasteiger charge is 2.21. The van der Waals surface area contributed by atoms with Gasteiger partial charge in [0.2, 0.25) is 5.82 Å². The van der Waals surface area contributed by atoms with E-state index in [4.69, 9.17) is 20.9 Å². The number of rotatable bonds is 6. The molecule has 0 radical (unpaired) electrons. The van der Waals surface area contributed by atoms with E-state index in [0.717, 1.165) is 0 Å². The van der Waals surface area contributed by atoms with Crippen LogP contribution in [0.5, 0.6) is 0 Å². The number of aromatic nitrogens is 4. The minimum atomic E-state index is -0.770. The van der Waals surface area contributed by atoms with Crippen molar-refractivity contribution in [3.05, 3.63) is 52.8 Å². The van der Waals surface area contributed by atoms with Crippen LogP contribution < -0.4 is 4.90 Å². The van der Waals surface area contributed by atoms with Crippen LogP contribution in [0.4, 0.5) is 10.2 Å². The molecule has 0 amide bonds. The van der Waals surface area contributed by atoms with Crippen LogP contribution in [0.1, 0.15) is 24.5 Å². The van der Waals surface area contributed by atoms with Crippen LogP contribution in [0.2, 0.25) is 5.15 Å². The van der Waals surface area contributed by atoms with Gasteiger partial charge in [0.05, 0.1) is 0 Å². The quantitative estimate of drug-likeness (QED) is 0.576. The molecule has 0 fully saturated rings. The standard InChI is InChI=1S/C18H17ClFN5O3/c1-10-4-5-12(8-13(10)20)17-21-18(28-24-17)11(2)27-16(26)9-25(3)15-7-6-14(19)22-23-15/h4-8,11H,9H2,1-3H3. The number of hydrogen-bond donors (Lipinski definition) is 0. The molecule has 0 aliphatic heterocycles. The molecule has 28 heavy (non-hydrogen) atoms. The van der Waals surface area contributed by atoms with E-state index in [9.17, 15) is 9.18 Å². The third-order valence-corrected chi connectivity index (χ3v) is 4.10. The van der Waals surface area contributed by atoms with E-state index >= 15 is 0 Å². The van der Waals surface area contributed by atoms with Gasteiger partial charge in [-0.2, -0.15) is 4.98 Å². The Morgan fingerprint density at radius 3 is 2.79 bits per heavy atom. The number of halogens is 2. The zero-order valence-corrected chi connectivity index (χ0v) is 16.1. The summed E-state index contributed by atoms with van der Waals surface area (Å²) in [6, 6.07) is 7.84. The molecule has 3 rings (SSSR count). The molecular weight excluding hydrogens is 389 g/mol. The lowest BCUT2D eigenvalue weighted by Crippen LogP contribution is -2.28. The van der Waals surface area contributed by atoms with Crippen LogP contribution in [-0.2, 0) is 9.53 Å². The summed E-state index contributed by atoms with van der Waals surface area (Å²) >= 11 is 5.69. The van der Waals surface area contributed by atoms with Crippen LogP contribution in [0.25, 0.3) is 11.4 Å². The normalized spacial score (nSPS) is 11.9. The third-order valence-electron chi connectivity index (χ3n) is 3.90. The predicted molar refractivity (Wildman–Crippen MR) is 99.2 cm³/mol. The summed E-state index contributed by atoms with van der Waals surface area (Å²) in [5, 5.41) is 11.7. The molecule has 8 nitrogen and oxygen atoms in total. The van der Waals surface area contributed by atoms with Crippen molar-refractivity contribution in [2.24, 2.45) is 0 Å². The molecule has 0 aliphatic rings. The average molecular weight is 406 g/mol. The van der Waals surface area contributed by atoms with Crippen molar-refractivity contribution >= 4 is 23.4 Å². The topological polar surface area (TPSA) is 94.2 Å². The van der Waals surface area contributed by atoms with E-state index in [1.54, 1.807) is 50.1 Å². The van der Waals surface area contributed by atoms with E-state index in [0.29, 0.717) is 16.9 Å². The second-order valence-corrected chi connectivity index (χ2v) is 6.51. The number of anilines is 1. The van der Waals surface area contributed by atoms with E-state index in [1.165, 1.54) is 6.07 Å². The Hall–Kier alpha value is -3.07. The molecule has 0 saturated heterocycles. The van der Waals surface area contributed by atoms with Gasteiger partial charge in [0.1, 0.15) is 12.4 Å². The molecule has 0 saturated carbocycles. The lowest BCUT2D eigenvalue weighted by atomic mass is 10.1. The van der Waals surface area contributed by atoms with Crippen molar-refractivity contribution in [2.45, 2.75) is 20.0 Å². The van der Waals surface area contributed by atoms with E-state index in [-0.39, 0.29) is 29.2 Å². The maximum atomic E-state index is 13.7. The Morgan fingerprint density at radius 2 is 2.11 bits per heavy atom. The third kappa shape index (κ3) is 4.61. The van der Waals surface area contributed by atoms with Crippen LogP contribution in [-0.4, -0.2) is 39.9 Å². The monoisotopic (exact) mass is 405 g/mol. The van der Waals surface area contributed by atoms with Crippen LogP contribution >= 0.6 is 11.6 Å². The zero-order valence-electron chi connectivity index (χ0n) is 15.4. The Bertz CT molecular complexity index is 980. The molecule has 10 heteroatoms. The van der Waals surface area contributed by atoms with Gasteiger partial charge in [-0.1, -0.05) is 28.9 Å². The first-order chi connectivity index (χ1) is 13.3. The number of likely N-dealkylation sites (N-methyl/N-ethyl adjacent to an activating group) is 1. The van der Waals surface area contributed by atoms with E-state index in [2.05, 4.69) is 20.3 Å². The van der Waals surface area contributed by atoms with Gasteiger partial charge >= 0.3 is 5.97 Å². The molecule has 2 heterocycles. The molecule has 1 atom stereocenters. The molecule has 0 aliphatic carbocycles. The second-order valence-electron chi connectivity index (χ2n) is 6.12. The highest BCUT2D eigenvalue weighted by Crippen LogP contribution is 2.22. The molecule has 0 N–H and O–H groups in total. The van der Waals surface area contributed by atoms with E-state index in [1.807, 2.05) is 0 Å². The van der Waals surface area contributed by atoms with Crippen molar-refractivity contribution in [2.75, 3.05) is 18.5 Å². The summed E-state index contributed by atoms with van der Waals surface area (Å²) in [6.07, 6.45) is -0.770. The lowest BCUT2D eigenvalue weighted by Gasteiger charge is -2.17. The van der Waals surface area contributed by atoms with Crippen LogP contribution in [0.3, 0.4) is 0 Å². The van der Waals surface area contributed by atoms with Gasteiger partial charge in [0, 0.05) is 12.6 Å². The number of aryl methyl sites for hydroxylation is 1. The second kappa shape index (κ2) is 8.30. The molecule has 0 bridgehead atoms. The number of hydrogen-bond acceptors (Lipinski definition) is 8. The van der Waals surface area contributed by atoms with Gasteiger partial charge in [-0.15, -0.1) is 10.2 Å². The minimum Gasteiger partial charge on any atom is -0.451 e. The van der Waals surface area contributed by atoms with Gasteiger partial charge in [-0.25, -0.2) is 4.39 Å². The molecule has 0 spiro atoms. The van der Waals surface area contributed by atoms with Crippen LogP contribution in [0, 0.1) is 12.7 Å². The molecule has 146 valence electrons. The molecule has 2 aromatic heterocycles. The fourth-order valence-electron chi connectivity index (χ4n) is 2.32. The minimum absolute atomic E-state index is 0.0647. The van der Waals surface area contributed by atoms with Gasteiger partial charge in [-0.05, 0) is 37.6 Å². The van der Waals surface area contributed by atoms with Crippen molar-refractivity contribution < 1.29 is 18.4 Å². The summed E-state index contributed by atoms with van der Waals surface area (Å²) in [5.41, 5.74) is 0.988.